The lowest BCUT2D eigenvalue weighted by atomic mass is 10.2. The van der Waals surface area contributed by atoms with E-state index >= 15 is 0 Å². The van der Waals surface area contributed by atoms with Gasteiger partial charge < -0.3 is 14.2 Å². The van der Waals surface area contributed by atoms with Crippen molar-refractivity contribution in [1.29, 1.82) is 0 Å². The SMILES string of the molecule is Cc1cc(OCCN2CCOCC2)nn1C(=O)OC(C)(C)C. The van der Waals surface area contributed by atoms with Gasteiger partial charge in [-0.1, -0.05) is 0 Å². The normalized spacial score (nSPS) is 16.5. The van der Waals surface area contributed by atoms with Gasteiger partial charge in [0, 0.05) is 25.7 Å². The van der Waals surface area contributed by atoms with E-state index in [1.54, 1.807) is 13.0 Å². The summed E-state index contributed by atoms with van der Waals surface area (Å²) in [6.45, 7) is 12.0. The predicted molar refractivity (Wildman–Crippen MR) is 81.4 cm³/mol. The highest BCUT2D eigenvalue weighted by Gasteiger charge is 2.20. The summed E-state index contributed by atoms with van der Waals surface area (Å²) >= 11 is 0. The molecule has 1 aliphatic heterocycles. The lowest BCUT2D eigenvalue weighted by Gasteiger charge is -2.26. The van der Waals surface area contributed by atoms with E-state index in [4.69, 9.17) is 14.2 Å². The van der Waals surface area contributed by atoms with Crippen LogP contribution in [0.4, 0.5) is 4.79 Å². The van der Waals surface area contributed by atoms with E-state index in [1.165, 1.54) is 4.68 Å². The number of rotatable bonds is 4. The highest BCUT2D eigenvalue weighted by Crippen LogP contribution is 2.14. The number of morpholine rings is 1. The van der Waals surface area contributed by atoms with Gasteiger partial charge in [-0.15, -0.1) is 5.10 Å². The van der Waals surface area contributed by atoms with Gasteiger partial charge in [0.2, 0.25) is 5.88 Å². The molecule has 0 unspecified atom stereocenters. The number of hydrogen-bond donors (Lipinski definition) is 0. The van der Waals surface area contributed by atoms with E-state index in [1.807, 2.05) is 20.8 Å². The molecule has 2 heterocycles. The number of hydrogen-bond acceptors (Lipinski definition) is 6. The highest BCUT2D eigenvalue weighted by molar-refractivity contribution is 5.70. The van der Waals surface area contributed by atoms with Crippen molar-refractivity contribution in [3.05, 3.63) is 11.8 Å². The monoisotopic (exact) mass is 311 g/mol. The van der Waals surface area contributed by atoms with Crippen LogP contribution in [0.15, 0.2) is 6.07 Å². The van der Waals surface area contributed by atoms with E-state index in [0.29, 0.717) is 18.2 Å². The fourth-order valence-electron chi connectivity index (χ4n) is 2.11. The summed E-state index contributed by atoms with van der Waals surface area (Å²) in [4.78, 5) is 14.3. The molecule has 0 aromatic carbocycles. The minimum Gasteiger partial charge on any atom is -0.475 e. The van der Waals surface area contributed by atoms with Crippen LogP contribution in [-0.4, -0.2) is 65.8 Å². The van der Waals surface area contributed by atoms with Crippen molar-refractivity contribution in [2.75, 3.05) is 39.5 Å². The van der Waals surface area contributed by atoms with Gasteiger partial charge in [-0.25, -0.2) is 4.79 Å². The van der Waals surface area contributed by atoms with E-state index in [0.717, 1.165) is 32.8 Å². The number of carbonyl (C=O) groups excluding carboxylic acids is 1. The van der Waals surface area contributed by atoms with Gasteiger partial charge in [0.1, 0.15) is 12.2 Å². The second-order valence-electron chi connectivity index (χ2n) is 6.32. The van der Waals surface area contributed by atoms with Crippen molar-refractivity contribution in [3.63, 3.8) is 0 Å². The van der Waals surface area contributed by atoms with Crippen molar-refractivity contribution >= 4 is 6.09 Å². The van der Waals surface area contributed by atoms with Crippen LogP contribution in [0.25, 0.3) is 0 Å². The second-order valence-corrected chi connectivity index (χ2v) is 6.32. The Bertz CT molecular complexity index is 501. The van der Waals surface area contributed by atoms with Gasteiger partial charge in [-0.2, -0.15) is 4.68 Å². The molecule has 1 fully saturated rings. The molecule has 0 atom stereocenters. The molecule has 0 N–H and O–H groups in total. The summed E-state index contributed by atoms with van der Waals surface area (Å²) in [6.07, 6.45) is -0.493. The second kappa shape index (κ2) is 7.11. The number of carbonyl (C=O) groups is 1. The minimum absolute atomic E-state index is 0.441. The number of aromatic nitrogens is 2. The van der Waals surface area contributed by atoms with E-state index in [2.05, 4.69) is 10.00 Å². The molecule has 0 saturated carbocycles. The lowest BCUT2D eigenvalue weighted by molar-refractivity contribution is 0.0318. The zero-order valence-electron chi connectivity index (χ0n) is 13.8. The van der Waals surface area contributed by atoms with Gasteiger partial charge in [0.05, 0.1) is 18.9 Å². The van der Waals surface area contributed by atoms with Crippen molar-refractivity contribution in [1.82, 2.24) is 14.7 Å². The molecular formula is C15H25N3O4. The maximum Gasteiger partial charge on any atom is 0.435 e. The Balaban J connectivity index is 1.85. The molecule has 1 aromatic heterocycles. The van der Waals surface area contributed by atoms with Gasteiger partial charge in [0.15, 0.2) is 0 Å². The van der Waals surface area contributed by atoms with Crippen LogP contribution in [0, 0.1) is 6.92 Å². The zero-order chi connectivity index (χ0) is 16.2. The summed E-state index contributed by atoms with van der Waals surface area (Å²) in [5, 5.41) is 4.15. The van der Waals surface area contributed by atoms with Crippen molar-refractivity contribution in [2.45, 2.75) is 33.3 Å². The molecule has 2 rings (SSSR count). The summed E-state index contributed by atoms with van der Waals surface area (Å²) in [5.41, 5.74) is 0.142. The number of aryl methyl sites for hydroxylation is 1. The Hall–Kier alpha value is -1.60. The third-order valence-electron chi connectivity index (χ3n) is 3.19. The molecule has 124 valence electrons. The molecule has 7 nitrogen and oxygen atoms in total. The quantitative estimate of drug-likeness (QED) is 0.843. The Morgan fingerprint density at radius 1 is 1.36 bits per heavy atom. The fraction of sp³-hybridized carbons (Fsp3) is 0.733. The highest BCUT2D eigenvalue weighted by atomic mass is 16.6. The molecule has 1 saturated heterocycles. The average molecular weight is 311 g/mol. The van der Waals surface area contributed by atoms with Gasteiger partial charge in [-0.05, 0) is 27.7 Å². The summed E-state index contributed by atoms with van der Waals surface area (Å²) in [7, 11) is 0. The third-order valence-corrected chi connectivity index (χ3v) is 3.19. The van der Waals surface area contributed by atoms with E-state index in [-0.39, 0.29) is 0 Å². The molecule has 22 heavy (non-hydrogen) atoms. The first-order chi connectivity index (χ1) is 10.3. The Labute approximate surface area is 131 Å². The van der Waals surface area contributed by atoms with E-state index < -0.39 is 11.7 Å². The Morgan fingerprint density at radius 2 is 2.05 bits per heavy atom. The van der Waals surface area contributed by atoms with E-state index in [9.17, 15) is 4.79 Å². The Morgan fingerprint density at radius 3 is 2.68 bits per heavy atom. The molecule has 1 aliphatic rings. The van der Waals surface area contributed by atoms with Crippen LogP contribution in [-0.2, 0) is 9.47 Å². The van der Waals surface area contributed by atoms with Gasteiger partial charge in [-0.3, -0.25) is 4.90 Å². The topological polar surface area (TPSA) is 65.8 Å². The molecule has 0 spiro atoms. The third kappa shape index (κ3) is 4.99. The van der Waals surface area contributed by atoms with Gasteiger partial charge in [0.25, 0.3) is 0 Å². The van der Waals surface area contributed by atoms with Crippen molar-refractivity contribution in [3.8, 4) is 5.88 Å². The fourth-order valence-corrected chi connectivity index (χ4v) is 2.11. The van der Waals surface area contributed by atoms with Crippen molar-refractivity contribution < 1.29 is 19.0 Å². The predicted octanol–water partition coefficient (Wildman–Crippen LogP) is 1.69. The van der Waals surface area contributed by atoms with Crippen LogP contribution < -0.4 is 4.74 Å². The first-order valence-corrected chi connectivity index (χ1v) is 7.58. The average Bonchev–Trinajstić information content (AvgIpc) is 2.79. The van der Waals surface area contributed by atoms with Crippen LogP contribution in [0.5, 0.6) is 5.88 Å². The molecule has 0 aliphatic carbocycles. The lowest BCUT2D eigenvalue weighted by Crippen LogP contribution is -2.38. The maximum absolute atomic E-state index is 12.0. The number of nitrogens with zero attached hydrogens (tertiary/aromatic N) is 3. The van der Waals surface area contributed by atoms with Crippen LogP contribution in [0.2, 0.25) is 0 Å². The number of ether oxygens (including phenoxy) is 3. The smallest absolute Gasteiger partial charge is 0.435 e. The molecule has 0 radical (unpaired) electrons. The van der Waals surface area contributed by atoms with Gasteiger partial charge >= 0.3 is 6.09 Å². The molecule has 7 heteroatoms. The van der Waals surface area contributed by atoms with Crippen LogP contribution in [0.3, 0.4) is 0 Å². The molecule has 1 aromatic rings. The first-order valence-electron chi connectivity index (χ1n) is 7.58. The van der Waals surface area contributed by atoms with Crippen molar-refractivity contribution in [2.24, 2.45) is 0 Å². The molecule has 0 bridgehead atoms. The standard InChI is InChI=1S/C15H25N3O4/c1-12-11-13(16-18(12)14(19)22-15(2,3)4)21-10-7-17-5-8-20-9-6-17/h11H,5-10H2,1-4H3. The molecule has 0 amide bonds. The summed E-state index contributed by atoms with van der Waals surface area (Å²) in [6, 6.07) is 1.74. The summed E-state index contributed by atoms with van der Waals surface area (Å²) in [5.74, 6) is 0.441. The molecular weight excluding hydrogens is 286 g/mol. The Kier molecular flexibility index (Phi) is 5.42. The summed E-state index contributed by atoms with van der Waals surface area (Å²) < 4.78 is 17.5. The van der Waals surface area contributed by atoms with Crippen LogP contribution >= 0.6 is 0 Å². The first kappa shape index (κ1) is 16.8. The zero-order valence-corrected chi connectivity index (χ0v) is 13.8. The maximum atomic E-state index is 12.0. The van der Waals surface area contributed by atoms with Crippen LogP contribution in [0.1, 0.15) is 26.5 Å². The minimum atomic E-state index is -0.549. The largest absolute Gasteiger partial charge is 0.475 e.